The number of ether oxygens (including phenoxy) is 1. The Morgan fingerprint density at radius 3 is 1.56 bits per heavy atom. The van der Waals surface area contributed by atoms with Crippen LogP contribution in [0.25, 0.3) is 0 Å². The maximum atomic E-state index is 10.7. The summed E-state index contributed by atoms with van der Waals surface area (Å²) < 4.78 is 5.21. The normalized spacial score (nSPS) is 11.8. The van der Waals surface area contributed by atoms with Crippen molar-refractivity contribution in [3.8, 4) is 5.75 Å². The van der Waals surface area contributed by atoms with E-state index in [9.17, 15) is 24.0 Å². The summed E-state index contributed by atoms with van der Waals surface area (Å²) in [5.74, 6) is -5.29. The van der Waals surface area contributed by atoms with Crippen molar-refractivity contribution in [1.82, 2.24) is 9.80 Å². The summed E-state index contributed by atoms with van der Waals surface area (Å²) in [7, 11) is 0. The van der Waals surface area contributed by atoms with Gasteiger partial charge in [-0.05, 0) is 11.6 Å². The molecule has 32 heavy (non-hydrogen) atoms. The Hall–Kier alpha value is -3.71. The third-order valence-electron chi connectivity index (χ3n) is 4.11. The molecule has 0 saturated heterocycles. The van der Waals surface area contributed by atoms with Crippen LogP contribution < -0.4 is 4.74 Å². The van der Waals surface area contributed by atoms with E-state index in [1.807, 2.05) is 6.07 Å². The summed E-state index contributed by atoms with van der Waals surface area (Å²) in [5, 5.41) is 43.2. The quantitative estimate of drug-likeness (QED) is 0.263. The van der Waals surface area contributed by atoms with E-state index in [0.717, 1.165) is 21.8 Å². The first kappa shape index (κ1) is 26.3. The molecule has 1 heterocycles. The van der Waals surface area contributed by atoms with E-state index in [1.54, 1.807) is 12.1 Å². The van der Waals surface area contributed by atoms with E-state index in [1.165, 1.54) is 0 Å². The van der Waals surface area contributed by atoms with Crippen LogP contribution in [-0.4, -0.2) is 111 Å². The SMILES string of the molecule is O=C(O)CN(CCN(CC(=O)O)CC(=O)O)CC(=O)O.O=C(O)c1cccc2c1OCC2. The minimum Gasteiger partial charge on any atom is -0.492 e. The molecule has 5 N–H and O–H groups in total. The number of nitrogens with zero attached hydrogens (tertiary/aromatic N) is 2. The van der Waals surface area contributed by atoms with Gasteiger partial charge in [-0.3, -0.25) is 29.0 Å². The monoisotopic (exact) mass is 456 g/mol. The number of fused-ring (bicyclic) bond motifs is 1. The van der Waals surface area contributed by atoms with Crippen molar-refractivity contribution in [3.05, 3.63) is 29.3 Å². The Morgan fingerprint density at radius 1 is 0.750 bits per heavy atom. The first-order valence-electron chi connectivity index (χ1n) is 9.29. The summed E-state index contributed by atoms with van der Waals surface area (Å²) >= 11 is 0. The predicted octanol–water partition coefficient (Wildman–Crippen LogP) is -0.751. The second kappa shape index (κ2) is 12.9. The van der Waals surface area contributed by atoms with E-state index in [-0.39, 0.29) is 18.7 Å². The highest BCUT2D eigenvalue weighted by molar-refractivity contribution is 5.91. The summed E-state index contributed by atoms with van der Waals surface area (Å²) in [5.41, 5.74) is 1.26. The highest BCUT2D eigenvalue weighted by Gasteiger charge is 2.19. The number of benzene rings is 1. The Bertz CT molecular complexity index is 788. The standard InChI is InChI=1S/C10H16N2O8.C9H8O3/c13-7(14)3-11(4-8(15)16)1-2-12(5-9(17)18)6-10(19)20;10-9(11)7-3-1-2-6-4-5-12-8(6)7/h1-6H2,(H,13,14)(H,15,16)(H,17,18)(H,19,20);1-3H,4-5H2,(H,10,11). The Kier molecular flexibility index (Phi) is 10.6. The number of hydrogen-bond donors (Lipinski definition) is 5. The molecular formula is C19H24N2O11. The molecular weight excluding hydrogens is 432 g/mol. The van der Waals surface area contributed by atoms with Crippen LogP contribution in [0.3, 0.4) is 0 Å². The maximum absolute atomic E-state index is 10.7. The van der Waals surface area contributed by atoms with Gasteiger partial charge in [0.15, 0.2) is 0 Å². The summed E-state index contributed by atoms with van der Waals surface area (Å²) in [6.45, 7) is -1.65. The number of carboxylic acid groups (broad SMARTS) is 5. The molecule has 2 rings (SSSR count). The number of carboxylic acids is 5. The number of aliphatic carboxylic acids is 4. The average Bonchev–Trinajstić information content (AvgIpc) is 3.13. The summed E-state index contributed by atoms with van der Waals surface area (Å²) in [6.07, 6.45) is 0.816. The average molecular weight is 456 g/mol. The Labute approximate surface area is 182 Å². The van der Waals surface area contributed by atoms with Crippen molar-refractivity contribution < 1.29 is 54.2 Å². The van der Waals surface area contributed by atoms with Gasteiger partial charge in [-0.2, -0.15) is 0 Å². The Morgan fingerprint density at radius 2 is 1.19 bits per heavy atom. The van der Waals surface area contributed by atoms with Gasteiger partial charge in [0.1, 0.15) is 11.3 Å². The molecule has 13 heteroatoms. The molecule has 1 aliphatic heterocycles. The lowest BCUT2D eigenvalue weighted by molar-refractivity contribution is -0.145. The largest absolute Gasteiger partial charge is 0.492 e. The van der Waals surface area contributed by atoms with Crippen molar-refractivity contribution in [2.24, 2.45) is 0 Å². The van der Waals surface area contributed by atoms with E-state index < -0.39 is 56.0 Å². The fourth-order valence-electron chi connectivity index (χ4n) is 2.86. The van der Waals surface area contributed by atoms with Gasteiger partial charge in [-0.15, -0.1) is 0 Å². The second-order valence-corrected chi connectivity index (χ2v) is 6.69. The van der Waals surface area contributed by atoms with Crippen LogP contribution >= 0.6 is 0 Å². The molecule has 176 valence electrons. The van der Waals surface area contributed by atoms with Crippen molar-refractivity contribution >= 4 is 29.8 Å². The number of carbonyl (C=O) groups is 5. The van der Waals surface area contributed by atoms with Crippen molar-refractivity contribution in [2.45, 2.75) is 6.42 Å². The second-order valence-electron chi connectivity index (χ2n) is 6.69. The molecule has 1 aliphatic rings. The molecule has 0 spiro atoms. The van der Waals surface area contributed by atoms with Gasteiger partial charge in [0.05, 0.1) is 32.8 Å². The first-order chi connectivity index (χ1) is 15.0. The third-order valence-corrected chi connectivity index (χ3v) is 4.11. The van der Waals surface area contributed by atoms with Crippen LogP contribution in [0.5, 0.6) is 5.75 Å². The van der Waals surface area contributed by atoms with Crippen molar-refractivity contribution in [3.63, 3.8) is 0 Å². The number of para-hydroxylation sites is 1. The van der Waals surface area contributed by atoms with Crippen molar-refractivity contribution in [2.75, 3.05) is 45.9 Å². The topological polar surface area (TPSA) is 202 Å². The molecule has 0 fully saturated rings. The first-order valence-corrected chi connectivity index (χ1v) is 9.29. The lowest BCUT2D eigenvalue weighted by Gasteiger charge is -2.23. The van der Waals surface area contributed by atoms with Crippen LogP contribution in [-0.2, 0) is 25.6 Å². The maximum Gasteiger partial charge on any atom is 0.339 e. The van der Waals surface area contributed by atoms with Gasteiger partial charge in [-0.25, -0.2) is 4.79 Å². The summed E-state index contributed by atoms with van der Waals surface area (Å²) in [6, 6.07) is 5.21. The molecule has 0 bridgehead atoms. The fourth-order valence-corrected chi connectivity index (χ4v) is 2.86. The fraction of sp³-hybridized carbons (Fsp3) is 0.421. The van der Waals surface area contributed by atoms with Gasteiger partial charge in [0.2, 0.25) is 0 Å². The number of rotatable bonds is 12. The van der Waals surface area contributed by atoms with Crippen LogP contribution in [0.1, 0.15) is 15.9 Å². The zero-order chi connectivity index (χ0) is 24.3. The van der Waals surface area contributed by atoms with Gasteiger partial charge in [-0.1, -0.05) is 12.1 Å². The highest BCUT2D eigenvalue weighted by atomic mass is 16.5. The predicted molar refractivity (Wildman–Crippen MR) is 106 cm³/mol. The van der Waals surface area contributed by atoms with E-state index in [0.29, 0.717) is 12.4 Å². The van der Waals surface area contributed by atoms with E-state index >= 15 is 0 Å². The van der Waals surface area contributed by atoms with Crippen LogP contribution in [0, 0.1) is 0 Å². The molecule has 0 amide bonds. The van der Waals surface area contributed by atoms with E-state index in [4.69, 9.17) is 30.3 Å². The lowest BCUT2D eigenvalue weighted by Crippen LogP contribution is -2.43. The molecule has 0 aromatic heterocycles. The molecule has 0 saturated carbocycles. The highest BCUT2D eigenvalue weighted by Crippen LogP contribution is 2.29. The van der Waals surface area contributed by atoms with Gasteiger partial charge < -0.3 is 30.3 Å². The van der Waals surface area contributed by atoms with Crippen LogP contribution in [0.15, 0.2) is 18.2 Å². The molecule has 13 nitrogen and oxygen atoms in total. The minimum absolute atomic E-state index is 0.0703. The zero-order valence-corrected chi connectivity index (χ0v) is 17.0. The molecule has 1 aromatic carbocycles. The van der Waals surface area contributed by atoms with Crippen molar-refractivity contribution in [1.29, 1.82) is 0 Å². The van der Waals surface area contributed by atoms with Gasteiger partial charge >= 0.3 is 29.8 Å². The zero-order valence-electron chi connectivity index (χ0n) is 17.0. The van der Waals surface area contributed by atoms with E-state index in [2.05, 4.69) is 0 Å². The Balaban J connectivity index is 0.000000357. The molecule has 0 aliphatic carbocycles. The third kappa shape index (κ3) is 9.86. The number of hydrogen-bond acceptors (Lipinski definition) is 8. The molecule has 0 atom stereocenters. The molecule has 1 aromatic rings. The molecule has 0 radical (unpaired) electrons. The van der Waals surface area contributed by atoms with Crippen LogP contribution in [0.2, 0.25) is 0 Å². The number of aromatic carboxylic acids is 1. The van der Waals surface area contributed by atoms with Gasteiger partial charge in [0, 0.05) is 19.5 Å². The minimum atomic E-state index is -1.23. The van der Waals surface area contributed by atoms with Crippen LogP contribution in [0.4, 0.5) is 0 Å². The summed E-state index contributed by atoms with van der Waals surface area (Å²) in [4.78, 5) is 55.0. The molecule has 0 unspecified atom stereocenters. The smallest absolute Gasteiger partial charge is 0.339 e. The van der Waals surface area contributed by atoms with Gasteiger partial charge in [0.25, 0.3) is 0 Å². The lowest BCUT2D eigenvalue weighted by atomic mass is 10.1.